The number of hydrogen-bond acceptors (Lipinski definition) is 6. The van der Waals surface area contributed by atoms with Crippen LogP contribution in [-0.4, -0.2) is 26.6 Å². The van der Waals surface area contributed by atoms with Gasteiger partial charge in [-0.2, -0.15) is 13.2 Å². The Morgan fingerprint density at radius 3 is 2.42 bits per heavy atom. The molecular weight excluding hydrogens is 613 g/mol. The second-order valence-corrected chi connectivity index (χ2v) is 9.82. The number of carbonyl (C=O) groups excluding carboxylic acids is 1. The highest BCUT2D eigenvalue weighted by molar-refractivity contribution is 9.11. The van der Waals surface area contributed by atoms with Crippen molar-refractivity contribution >= 4 is 77.8 Å². The van der Waals surface area contributed by atoms with Crippen molar-refractivity contribution in [1.82, 2.24) is 4.90 Å². The summed E-state index contributed by atoms with van der Waals surface area (Å²) < 4.78 is 45.4. The van der Waals surface area contributed by atoms with Crippen molar-refractivity contribution in [3.8, 4) is 11.5 Å². The molecule has 2 aromatic carbocycles. The Morgan fingerprint density at radius 2 is 1.88 bits per heavy atom. The smallest absolute Gasteiger partial charge is 0.416 e. The van der Waals surface area contributed by atoms with Gasteiger partial charge in [0, 0.05) is 12.6 Å². The first-order valence-electron chi connectivity index (χ1n) is 8.81. The molecular formula is C20H11Br2F3N2O4S2. The standard InChI is InChI=1S/C20H11Br2F3N2O4S2/c1-2-5-26-18(28)16(33-19(26)32)8-10-6-12(21)17(13(22)7-10)31-15-4-3-11(20(23,24)25)9-14(15)27(29)30/h2-4,6-9H,1,5H2. The van der Waals surface area contributed by atoms with Gasteiger partial charge < -0.3 is 4.74 Å². The molecule has 0 N–H and O–H groups in total. The van der Waals surface area contributed by atoms with Gasteiger partial charge in [-0.25, -0.2) is 0 Å². The number of thiocarbonyl (C=S) groups is 1. The lowest BCUT2D eigenvalue weighted by Crippen LogP contribution is -2.27. The van der Waals surface area contributed by atoms with Gasteiger partial charge in [0.2, 0.25) is 5.75 Å². The third-order valence-electron chi connectivity index (χ3n) is 4.20. The minimum Gasteiger partial charge on any atom is -0.448 e. The van der Waals surface area contributed by atoms with E-state index in [0.717, 1.165) is 17.8 Å². The number of halogens is 5. The maximum atomic E-state index is 12.9. The largest absolute Gasteiger partial charge is 0.448 e. The Hall–Kier alpha value is -2.22. The molecule has 6 nitrogen and oxygen atoms in total. The van der Waals surface area contributed by atoms with E-state index in [1.54, 1.807) is 24.3 Å². The van der Waals surface area contributed by atoms with Gasteiger partial charge in [-0.15, -0.1) is 6.58 Å². The van der Waals surface area contributed by atoms with E-state index in [1.807, 2.05) is 0 Å². The summed E-state index contributed by atoms with van der Waals surface area (Å²) in [6, 6.07) is 5.19. The number of carbonyl (C=O) groups is 1. The number of amides is 1. The molecule has 1 fully saturated rings. The Bertz CT molecular complexity index is 1200. The molecule has 3 rings (SSSR count). The number of nitrogens with zero attached hydrogens (tertiary/aromatic N) is 2. The van der Waals surface area contributed by atoms with Crippen LogP contribution in [0.25, 0.3) is 6.08 Å². The summed E-state index contributed by atoms with van der Waals surface area (Å²) in [5.74, 6) is -0.528. The average Bonchev–Trinajstić information content (AvgIpc) is 2.97. The monoisotopic (exact) mass is 622 g/mol. The van der Waals surface area contributed by atoms with Gasteiger partial charge in [0.15, 0.2) is 5.75 Å². The van der Waals surface area contributed by atoms with Gasteiger partial charge in [0.1, 0.15) is 4.32 Å². The fourth-order valence-corrected chi connectivity index (χ4v) is 5.39. The summed E-state index contributed by atoms with van der Waals surface area (Å²) in [5, 5.41) is 11.3. The fraction of sp³-hybridized carbons (Fsp3) is 0.100. The van der Waals surface area contributed by atoms with Crippen LogP contribution in [0.1, 0.15) is 11.1 Å². The van der Waals surface area contributed by atoms with Gasteiger partial charge in [-0.3, -0.25) is 19.8 Å². The first-order chi connectivity index (χ1) is 15.4. The lowest BCUT2D eigenvalue weighted by atomic mass is 10.1. The molecule has 1 heterocycles. The van der Waals surface area contributed by atoms with Crippen LogP contribution in [0.5, 0.6) is 11.5 Å². The number of alkyl halides is 3. The number of rotatable bonds is 6. The van der Waals surface area contributed by atoms with Gasteiger partial charge in [0.25, 0.3) is 5.91 Å². The van der Waals surface area contributed by atoms with Crippen LogP contribution in [0.3, 0.4) is 0 Å². The first kappa shape index (κ1) is 25.4. The molecule has 13 heteroatoms. The predicted molar refractivity (Wildman–Crippen MR) is 130 cm³/mol. The minimum absolute atomic E-state index is 0.106. The zero-order valence-electron chi connectivity index (χ0n) is 16.2. The molecule has 1 aliphatic rings. The van der Waals surface area contributed by atoms with E-state index in [1.165, 1.54) is 4.90 Å². The van der Waals surface area contributed by atoms with E-state index >= 15 is 0 Å². The SMILES string of the molecule is C=CCN1C(=O)C(=Cc2cc(Br)c(Oc3ccc(C(F)(F)F)cc3[N+](=O)[O-])c(Br)c2)SC1=S. The van der Waals surface area contributed by atoms with Crippen molar-refractivity contribution in [3.63, 3.8) is 0 Å². The summed E-state index contributed by atoms with van der Waals surface area (Å²) in [5.41, 5.74) is -1.41. The molecule has 172 valence electrons. The van der Waals surface area contributed by atoms with Gasteiger partial charge in [-0.1, -0.05) is 30.1 Å². The summed E-state index contributed by atoms with van der Waals surface area (Å²) in [4.78, 5) is 24.7. The molecule has 33 heavy (non-hydrogen) atoms. The van der Waals surface area contributed by atoms with Gasteiger partial charge in [0.05, 0.1) is 24.3 Å². The molecule has 0 atom stereocenters. The van der Waals surface area contributed by atoms with Crippen molar-refractivity contribution < 1.29 is 27.6 Å². The van der Waals surface area contributed by atoms with E-state index in [-0.39, 0.29) is 24.0 Å². The zero-order chi connectivity index (χ0) is 24.5. The lowest BCUT2D eigenvalue weighted by molar-refractivity contribution is -0.385. The van der Waals surface area contributed by atoms with E-state index in [2.05, 4.69) is 38.4 Å². The third kappa shape index (κ3) is 5.65. The van der Waals surface area contributed by atoms with Crippen molar-refractivity contribution in [2.24, 2.45) is 0 Å². The topological polar surface area (TPSA) is 72.7 Å². The second-order valence-electron chi connectivity index (χ2n) is 6.43. The molecule has 0 aliphatic carbocycles. The third-order valence-corrected chi connectivity index (χ3v) is 6.75. The van der Waals surface area contributed by atoms with Crippen LogP contribution in [0.2, 0.25) is 0 Å². The van der Waals surface area contributed by atoms with Gasteiger partial charge in [-0.05, 0) is 67.8 Å². The molecule has 0 unspecified atom stereocenters. The fourth-order valence-electron chi connectivity index (χ4n) is 2.73. The number of nitro benzene ring substituents is 1. The van der Waals surface area contributed by atoms with Crippen LogP contribution in [0.15, 0.2) is 56.8 Å². The van der Waals surface area contributed by atoms with E-state index in [4.69, 9.17) is 17.0 Å². The molecule has 0 bridgehead atoms. The van der Waals surface area contributed by atoms with Gasteiger partial charge >= 0.3 is 11.9 Å². The van der Waals surface area contributed by atoms with Crippen LogP contribution < -0.4 is 4.74 Å². The summed E-state index contributed by atoms with van der Waals surface area (Å²) in [6.07, 6.45) is -1.56. The summed E-state index contributed by atoms with van der Waals surface area (Å²) >= 11 is 12.9. The highest BCUT2D eigenvalue weighted by atomic mass is 79.9. The Balaban J connectivity index is 1.94. The van der Waals surface area contributed by atoms with Crippen LogP contribution >= 0.6 is 55.8 Å². The van der Waals surface area contributed by atoms with E-state index < -0.39 is 22.4 Å². The van der Waals surface area contributed by atoms with E-state index in [0.29, 0.717) is 35.9 Å². The molecule has 0 spiro atoms. The molecule has 2 aromatic rings. The van der Waals surface area contributed by atoms with Crippen molar-refractivity contribution in [2.45, 2.75) is 6.18 Å². The normalized spacial score (nSPS) is 15.3. The van der Waals surface area contributed by atoms with Crippen molar-refractivity contribution in [2.75, 3.05) is 6.54 Å². The number of thioether (sulfide) groups is 1. The zero-order valence-corrected chi connectivity index (χ0v) is 21.0. The highest BCUT2D eigenvalue weighted by Gasteiger charge is 2.34. The molecule has 0 radical (unpaired) electrons. The number of benzene rings is 2. The Morgan fingerprint density at radius 1 is 1.24 bits per heavy atom. The number of ether oxygens (including phenoxy) is 1. The molecule has 0 saturated carbocycles. The van der Waals surface area contributed by atoms with E-state index in [9.17, 15) is 28.1 Å². The quantitative estimate of drug-likeness (QED) is 0.110. The first-order valence-corrected chi connectivity index (χ1v) is 11.6. The maximum absolute atomic E-state index is 12.9. The number of hydrogen-bond donors (Lipinski definition) is 0. The maximum Gasteiger partial charge on any atom is 0.416 e. The Labute approximate surface area is 211 Å². The summed E-state index contributed by atoms with van der Waals surface area (Å²) in [7, 11) is 0. The lowest BCUT2D eigenvalue weighted by Gasteiger charge is -2.13. The van der Waals surface area contributed by atoms with Crippen LogP contribution in [-0.2, 0) is 11.0 Å². The molecule has 1 amide bonds. The van der Waals surface area contributed by atoms with Crippen LogP contribution in [0.4, 0.5) is 18.9 Å². The Kier molecular flexibility index (Phi) is 7.66. The predicted octanol–water partition coefficient (Wildman–Crippen LogP) is 7.32. The second kappa shape index (κ2) is 9.95. The molecule has 1 saturated heterocycles. The molecule has 0 aromatic heterocycles. The average molecular weight is 624 g/mol. The molecule has 1 aliphatic heterocycles. The number of nitro groups is 1. The van der Waals surface area contributed by atoms with Crippen molar-refractivity contribution in [1.29, 1.82) is 0 Å². The van der Waals surface area contributed by atoms with Crippen molar-refractivity contribution in [3.05, 3.63) is 78.1 Å². The highest BCUT2D eigenvalue weighted by Crippen LogP contribution is 2.43. The summed E-state index contributed by atoms with van der Waals surface area (Å²) in [6.45, 7) is 3.88. The van der Waals surface area contributed by atoms with Crippen LogP contribution in [0, 0.1) is 10.1 Å². The minimum atomic E-state index is -4.74.